The Kier molecular flexibility index (Phi) is 5.02. The smallest absolute Gasteiger partial charge is 0.128 e. The second kappa shape index (κ2) is 6.76. The molecule has 0 bridgehead atoms. The molecule has 0 amide bonds. The maximum atomic E-state index is 13.9. The fourth-order valence-corrected chi connectivity index (χ4v) is 2.43. The summed E-state index contributed by atoms with van der Waals surface area (Å²) in [6, 6.07) is 7.61. The van der Waals surface area contributed by atoms with E-state index >= 15 is 0 Å². The van der Waals surface area contributed by atoms with Crippen LogP contribution < -0.4 is 5.32 Å². The van der Waals surface area contributed by atoms with Crippen molar-refractivity contribution in [3.05, 3.63) is 70.5 Å². The van der Waals surface area contributed by atoms with Gasteiger partial charge in [0.1, 0.15) is 17.5 Å². The maximum Gasteiger partial charge on any atom is 0.128 e. The highest BCUT2D eigenvalue weighted by atomic mass is 19.1. The summed E-state index contributed by atoms with van der Waals surface area (Å²) >= 11 is 0. The number of halogens is 3. The van der Waals surface area contributed by atoms with Gasteiger partial charge in [0.05, 0.1) is 0 Å². The van der Waals surface area contributed by atoms with E-state index in [1.807, 2.05) is 13.8 Å². The van der Waals surface area contributed by atoms with Crippen LogP contribution in [0.5, 0.6) is 0 Å². The minimum atomic E-state index is -0.467. The monoisotopic (exact) mass is 293 g/mol. The molecule has 0 aliphatic heterocycles. The minimum Gasteiger partial charge on any atom is -0.310 e. The molecule has 21 heavy (non-hydrogen) atoms. The fourth-order valence-electron chi connectivity index (χ4n) is 2.43. The molecule has 0 aliphatic carbocycles. The largest absolute Gasteiger partial charge is 0.310 e. The molecular weight excluding hydrogens is 275 g/mol. The van der Waals surface area contributed by atoms with Crippen molar-refractivity contribution in [2.75, 3.05) is 6.54 Å². The Morgan fingerprint density at radius 1 is 1.00 bits per heavy atom. The molecule has 0 aliphatic rings. The first-order valence-corrected chi connectivity index (χ1v) is 6.94. The molecule has 1 N–H and O–H groups in total. The zero-order chi connectivity index (χ0) is 15.4. The first-order chi connectivity index (χ1) is 10.0. The summed E-state index contributed by atoms with van der Waals surface area (Å²) in [4.78, 5) is 0. The van der Waals surface area contributed by atoms with E-state index in [0.717, 1.165) is 23.3 Å². The number of hydrogen-bond donors (Lipinski definition) is 1. The highest BCUT2D eigenvalue weighted by molar-refractivity contribution is 5.30. The Bertz CT molecular complexity index is 625. The Morgan fingerprint density at radius 3 is 2.33 bits per heavy atom. The average Bonchev–Trinajstić information content (AvgIpc) is 2.44. The molecule has 0 aromatic heterocycles. The SMILES string of the molecule is CCNC(Cc1ccc(F)cc1C)c1cc(F)ccc1F. The lowest BCUT2D eigenvalue weighted by molar-refractivity contribution is 0.501. The second-order valence-electron chi connectivity index (χ2n) is 5.05. The van der Waals surface area contributed by atoms with Crippen LogP contribution in [0, 0.1) is 24.4 Å². The van der Waals surface area contributed by atoms with Crippen molar-refractivity contribution in [2.24, 2.45) is 0 Å². The molecule has 0 spiro atoms. The van der Waals surface area contributed by atoms with Crippen molar-refractivity contribution < 1.29 is 13.2 Å². The molecule has 0 saturated heterocycles. The van der Waals surface area contributed by atoms with Crippen molar-refractivity contribution in [2.45, 2.75) is 26.3 Å². The van der Waals surface area contributed by atoms with Crippen molar-refractivity contribution in [1.29, 1.82) is 0 Å². The molecule has 2 aromatic rings. The van der Waals surface area contributed by atoms with E-state index in [9.17, 15) is 13.2 Å². The molecule has 0 heterocycles. The number of hydrogen-bond acceptors (Lipinski definition) is 1. The summed E-state index contributed by atoms with van der Waals surface area (Å²) in [5.74, 6) is -1.21. The molecule has 1 atom stereocenters. The van der Waals surface area contributed by atoms with Crippen LogP contribution in [-0.4, -0.2) is 6.54 Å². The molecule has 112 valence electrons. The molecule has 0 radical (unpaired) electrons. The lowest BCUT2D eigenvalue weighted by Crippen LogP contribution is -2.24. The predicted molar refractivity (Wildman–Crippen MR) is 77.6 cm³/mol. The summed E-state index contributed by atoms with van der Waals surface area (Å²) in [6.07, 6.45) is 0.473. The molecule has 2 aromatic carbocycles. The maximum absolute atomic E-state index is 13.9. The van der Waals surface area contributed by atoms with Gasteiger partial charge in [-0.25, -0.2) is 13.2 Å². The normalized spacial score (nSPS) is 12.4. The topological polar surface area (TPSA) is 12.0 Å². The molecule has 0 saturated carbocycles. The predicted octanol–water partition coefficient (Wildman–Crippen LogP) is 4.31. The third-order valence-corrected chi connectivity index (χ3v) is 3.51. The Balaban J connectivity index is 2.32. The van der Waals surface area contributed by atoms with Gasteiger partial charge in [0.15, 0.2) is 0 Å². The highest BCUT2D eigenvalue weighted by Gasteiger charge is 2.17. The van der Waals surface area contributed by atoms with Crippen LogP contribution in [0.3, 0.4) is 0 Å². The van der Waals surface area contributed by atoms with E-state index < -0.39 is 11.6 Å². The molecule has 1 unspecified atom stereocenters. The first-order valence-electron chi connectivity index (χ1n) is 6.94. The van der Waals surface area contributed by atoms with Gasteiger partial charge in [0.25, 0.3) is 0 Å². The van der Waals surface area contributed by atoms with E-state index in [1.165, 1.54) is 18.2 Å². The van der Waals surface area contributed by atoms with Crippen LogP contribution >= 0.6 is 0 Å². The van der Waals surface area contributed by atoms with Crippen molar-refractivity contribution in [3.63, 3.8) is 0 Å². The van der Waals surface area contributed by atoms with Crippen molar-refractivity contribution in [3.8, 4) is 0 Å². The molecule has 4 heteroatoms. The first kappa shape index (κ1) is 15.6. The summed E-state index contributed by atoms with van der Waals surface area (Å²) in [5.41, 5.74) is 2.00. The van der Waals surface area contributed by atoms with Gasteiger partial charge in [-0.05, 0) is 61.3 Å². The molecule has 0 fully saturated rings. The summed E-state index contributed by atoms with van der Waals surface area (Å²) in [5, 5.41) is 3.16. The number of aryl methyl sites for hydroxylation is 1. The molecular formula is C17H18F3N. The van der Waals surface area contributed by atoms with Gasteiger partial charge < -0.3 is 5.32 Å². The van der Waals surface area contributed by atoms with Gasteiger partial charge in [-0.3, -0.25) is 0 Å². The third kappa shape index (κ3) is 3.85. The molecule has 1 nitrogen and oxygen atoms in total. The zero-order valence-electron chi connectivity index (χ0n) is 12.1. The van der Waals surface area contributed by atoms with Gasteiger partial charge in [0.2, 0.25) is 0 Å². The lowest BCUT2D eigenvalue weighted by atomic mass is 9.95. The summed E-state index contributed by atoms with van der Waals surface area (Å²) < 4.78 is 40.5. The van der Waals surface area contributed by atoms with E-state index in [4.69, 9.17) is 0 Å². The third-order valence-electron chi connectivity index (χ3n) is 3.51. The van der Waals surface area contributed by atoms with Crippen LogP contribution in [0.2, 0.25) is 0 Å². The van der Waals surface area contributed by atoms with Gasteiger partial charge in [-0.1, -0.05) is 13.0 Å². The quantitative estimate of drug-likeness (QED) is 0.866. The Labute approximate surface area is 122 Å². The minimum absolute atomic E-state index is 0.292. The summed E-state index contributed by atoms with van der Waals surface area (Å²) in [6.45, 7) is 4.34. The van der Waals surface area contributed by atoms with E-state index in [1.54, 1.807) is 6.07 Å². The zero-order valence-corrected chi connectivity index (χ0v) is 12.1. The van der Waals surface area contributed by atoms with Gasteiger partial charge in [0, 0.05) is 11.6 Å². The number of likely N-dealkylation sites (N-methyl/N-ethyl adjacent to an activating group) is 1. The van der Waals surface area contributed by atoms with Crippen LogP contribution in [0.1, 0.15) is 29.7 Å². The number of rotatable bonds is 5. The van der Waals surface area contributed by atoms with Crippen LogP contribution in [0.25, 0.3) is 0 Å². The van der Waals surface area contributed by atoms with Crippen LogP contribution in [0.15, 0.2) is 36.4 Å². The lowest BCUT2D eigenvalue weighted by Gasteiger charge is -2.20. The number of benzene rings is 2. The van der Waals surface area contributed by atoms with Gasteiger partial charge in [-0.15, -0.1) is 0 Å². The Hall–Kier alpha value is -1.81. The summed E-state index contributed by atoms with van der Waals surface area (Å²) in [7, 11) is 0. The molecule has 2 rings (SSSR count). The van der Waals surface area contributed by atoms with E-state index in [2.05, 4.69) is 5.32 Å². The highest BCUT2D eigenvalue weighted by Crippen LogP contribution is 2.24. The standard InChI is InChI=1S/C17H18F3N/c1-3-21-17(15-10-14(19)6-7-16(15)20)9-12-4-5-13(18)8-11(12)2/h4-8,10,17,21H,3,9H2,1-2H3. The average molecular weight is 293 g/mol. The van der Waals surface area contributed by atoms with Crippen molar-refractivity contribution in [1.82, 2.24) is 5.32 Å². The Morgan fingerprint density at radius 2 is 1.67 bits per heavy atom. The van der Waals surface area contributed by atoms with Gasteiger partial charge >= 0.3 is 0 Å². The van der Waals surface area contributed by atoms with E-state index in [0.29, 0.717) is 18.5 Å². The van der Waals surface area contributed by atoms with Crippen LogP contribution in [-0.2, 0) is 6.42 Å². The number of nitrogens with one attached hydrogen (secondary N) is 1. The van der Waals surface area contributed by atoms with Gasteiger partial charge in [-0.2, -0.15) is 0 Å². The van der Waals surface area contributed by atoms with E-state index in [-0.39, 0.29) is 11.9 Å². The second-order valence-corrected chi connectivity index (χ2v) is 5.05. The van der Waals surface area contributed by atoms with Crippen LogP contribution in [0.4, 0.5) is 13.2 Å². The fraction of sp³-hybridized carbons (Fsp3) is 0.294. The van der Waals surface area contributed by atoms with Crippen molar-refractivity contribution >= 4 is 0 Å².